The number of para-hydroxylation sites is 3. The van der Waals surface area contributed by atoms with Gasteiger partial charge in [-0.3, -0.25) is 4.57 Å². The number of nitrogens with zero attached hydrogens (tertiary/aromatic N) is 2. The Morgan fingerprint density at radius 3 is 2.19 bits per heavy atom. The highest BCUT2D eigenvalue weighted by atomic mass is 16.3. The van der Waals surface area contributed by atoms with Gasteiger partial charge in [0.05, 0.1) is 11.0 Å². The van der Waals surface area contributed by atoms with E-state index in [2.05, 4.69) is 115 Å². The number of fused-ring (bicyclic) bond motifs is 4. The minimum Gasteiger partial charge on any atom is -0.455 e. The first-order chi connectivity index (χ1) is 17.7. The molecule has 0 radical (unpaired) electrons. The van der Waals surface area contributed by atoms with E-state index >= 15 is 0 Å². The average molecular weight is 465 g/mol. The Labute approximate surface area is 209 Å². The van der Waals surface area contributed by atoms with Gasteiger partial charge in [-0.2, -0.15) is 0 Å². The first-order valence-electron chi connectivity index (χ1n) is 12.2. The molecule has 0 N–H and O–H groups in total. The summed E-state index contributed by atoms with van der Waals surface area (Å²) in [5.41, 5.74) is 10.8. The molecule has 5 aromatic carbocycles. The van der Waals surface area contributed by atoms with Crippen LogP contribution in [-0.2, 0) is 0 Å². The van der Waals surface area contributed by atoms with Crippen molar-refractivity contribution in [2.24, 2.45) is 0 Å². The Morgan fingerprint density at radius 1 is 0.639 bits per heavy atom. The topological polar surface area (TPSA) is 31.0 Å². The maximum atomic E-state index is 6.36. The van der Waals surface area contributed by atoms with Gasteiger partial charge >= 0.3 is 0 Å². The molecule has 0 saturated carbocycles. The number of furan rings is 1. The summed E-state index contributed by atoms with van der Waals surface area (Å²) in [6, 6.07) is 38.2. The summed E-state index contributed by atoms with van der Waals surface area (Å²) in [5, 5.41) is 2.33. The lowest BCUT2D eigenvalue weighted by atomic mass is 9.98. The quantitative estimate of drug-likeness (QED) is 0.261. The number of hydrogen-bond acceptors (Lipinski definition) is 2. The van der Waals surface area contributed by atoms with Crippen LogP contribution in [-0.4, -0.2) is 9.55 Å². The summed E-state index contributed by atoms with van der Waals surface area (Å²) in [6.45, 7) is 4.27. The van der Waals surface area contributed by atoms with Crippen molar-refractivity contribution >= 4 is 33.0 Å². The van der Waals surface area contributed by atoms with Gasteiger partial charge in [0, 0.05) is 27.6 Å². The number of aryl methyl sites for hydroxylation is 2. The van der Waals surface area contributed by atoms with Gasteiger partial charge in [0.25, 0.3) is 0 Å². The predicted octanol–water partition coefficient (Wildman–Crippen LogP) is 8.88. The standard InChI is InChI=1S/C33H24N2O/c1-21-12-17-31-27(18-21)28-20-22(2)19-26(32(28)36-31)23-13-15-24(16-14-23)33-34-29-10-6-7-11-30(29)35(33)25-8-4-3-5-9-25/h3-20H,1-2H3. The van der Waals surface area contributed by atoms with E-state index < -0.39 is 0 Å². The first-order valence-corrected chi connectivity index (χ1v) is 12.2. The molecule has 36 heavy (non-hydrogen) atoms. The van der Waals surface area contributed by atoms with Gasteiger partial charge < -0.3 is 4.42 Å². The molecule has 0 aliphatic rings. The lowest BCUT2D eigenvalue weighted by molar-refractivity contribution is 0.670. The minimum absolute atomic E-state index is 0.927. The fourth-order valence-electron chi connectivity index (χ4n) is 5.21. The summed E-state index contributed by atoms with van der Waals surface area (Å²) < 4.78 is 8.60. The highest BCUT2D eigenvalue weighted by molar-refractivity contribution is 6.10. The molecule has 0 amide bonds. The van der Waals surface area contributed by atoms with Crippen LogP contribution in [0.2, 0.25) is 0 Å². The van der Waals surface area contributed by atoms with Crippen molar-refractivity contribution in [1.29, 1.82) is 0 Å². The highest BCUT2D eigenvalue weighted by Crippen LogP contribution is 2.38. The molecule has 0 atom stereocenters. The number of benzene rings is 5. The Balaban J connectivity index is 1.39. The van der Waals surface area contributed by atoms with Crippen molar-refractivity contribution in [2.75, 3.05) is 0 Å². The summed E-state index contributed by atoms with van der Waals surface area (Å²) in [6.07, 6.45) is 0. The number of rotatable bonds is 3. The first kappa shape index (κ1) is 20.7. The van der Waals surface area contributed by atoms with Crippen molar-refractivity contribution in [1.82, 2.24) is 9.55 Å². The SMILES string of the molecule is Cc1ccc2oc3c(-c4ccc(-c5nc6ccccc6n5-c5ccccc5)cc4)cc(C)cc3c2c1. The maximum Gasteiger partial charge on any atom is 0.145 e. The third-order valence-corrected chi connectivity index (χ3v) is 6.90. The zero-order valence-electron chi connectivity index (χ0n) is 20.2. The number of hydrogen-bond donors (Lipinski definition) is 0. The zero-order chi connectivity index (χ0) is 24.2. The molecule has 0 unspecified atom stereocenters. The van der Waals surface area contributed by atoms with Crippen molar-refractivity contribution < 1.29 is 4.42 Å². The van der Waals surface area contributed by atoms with Gasteiger partial charge in [0.2, 0.25) is 0 Å². The smallest absolute Gasteiger partial charge is 0.145 e. The second-order valence-electron chi connectivity index (χ2n) is 9.46. The van der Waals surface area contributed by atoms with Crippen molar-refractivity contribution in [3.63, 3.8) is 0 Å². The lowest BCUT2D eigenvalue weighted by Gasteiger charge is -2.10. The number of imidazole rings is 1. The van der Waals surface area contributed by atoms with E-state index in [1.54, 1.807) is 0 Å². The normalized spacial score (nSPS) is 11.6. The van der Waals surface area contributed by atoms with Gasteiger partial charge in [-0.1, -0.05) is 66.2 Å². The molecule has 0 aliphatic carbocycles. The van der Waals surface area contributed by atoms with E-state index in [1.165, 1.54) is 21.9 Å². The summed E-state index contributed by atoms with van der Waals surface area (Å²) in [7, 11) is 0. The molecule has 3 nitrogen and oxygen atoms in total. The molecule has 0 saturated heterocycles. The average Bonchev–Trinajstić information content (AvgIpc) is 3.47. The van der Waals surface area contributed by atoms with Gasteiger partial charge in [-0.05, 0) is 73.5 Å². The van der Waals surface area contributed by atoms with Gasteiger partial charge in [0.1, 0.15) is 17.0 Å². The van der Waals surface area contributed by atoms with Crippen molar-refractivity contribution in [3.05, 3.63) is 120 Å². The van der Waals surface area contributed by atoms with E-state index in [4.69, 9.17) is 9.40 Å². The maximum absolute atomic E-state index is 6.36. The van der Waals surface area contributed by atoms with Crippen LogP contribution in [0, 0.1) is 13.8 Å². The van der Waals surface area contributed by atoms with Gasteiger partial charge in [0.15, 0.2) is 0 Å². The highest BCUT2D eigenvalue weighted by Gasteiger charge is 2.16. The largest absolute Gasteiger partial charge is 0.455 e. The monoisotopic (exact) mass is 464 g/mol. The molecule has 3 heteroatoms. The van der Waals surface area contributed by atoms with Crippen LogP contribution in [0.15, 0.2) is 114 Å². The summed E-state index contributed by atoms with van der Waals surface area (Å²) in [5.74, 6) is 0.933. The Hall–Kier alpha value is -4.63. The molecule has 2 heterocycles. The second kappa shape index (κ2) is 7.96. The molecule has 7 rings (SSSR count). The molecule has 2 aromatic heterocycles. The molecule has 0 fully saturated rings. The molecule has 0 spiro atoms. The Bertz CT molecular complexity index is 1890. The van der Waals surface area contributed by atoms with Gasteiger partial charge in [-0.25, -0.2) is 4.98 Å². The molecule has 0 bridgehead atoms. The Morgan fingerprint density at radius 2 is 1.36 bits per heavy atom. The fraction of sp³-hybridized carbons (Fsp3) is 0.0606. The molecular formula is C33H24N2O. The third kappa shape index (κ3) is 3.24. The fourth-order valence-corrected chi connectivity index (χ4v) is 5.21. The van der Waals surface area contributed by atoms with Crippen molar-refractivity contribution in [2.45, 2.75) is 13.8 Å². The molecule has 0 aliphatic heterocycles. The summed E-state index contributed by atoms with van der Waals surface area (Å²) in [4.78, 5) is 5.01. The van der Waals surface area contributed by atoms with E-state index in [9.17, 15) is 0 Å². The predicted molar refractivity (Wildman–Crippen MR) is 149 cm³/mol. The van der Waals surface area contributed by atoms with Gasteiger partial charge in [-0.15, -0.1) is 0 Å². The van der Waals surface area contributed by atoms with E-state index in [1.807, 2.05) is 12.1 Å². The lowest BCUT2D eigenvalue weighted by Crippen LogP contribution is -1.97. The van der Waals surface area contributed by atoms with E-state index in [-0.39, 0.29) is 0 Å². The molecule has 7 aromatic rings. The van der Waals surface area contributed by atoms with Crippen LogP contribution in [0.4, 0.5) is 0 Å². The second-order valence-corrected chi connectivity index (χ2v) is 9.46. The van der Waals surface area contributed by atoms with Crippen LogP contribution >= 0.6 is 0 Å². The van der Waals surface area contributed by atoms with Crippen molar-refractivity contribution in [3.8, 4) is 28.2 Å². The Kier molecular flexibility index (Phi) is 4.58. The zero-order valence-corrected chi connectivity index (χ0v) is 20.2. The van der Waals surface area contributed by atoms with Crippen LogP contribution in [0.5, 0.6) is 0 Å². The van der Waals surface area contributed by atoms with E-state index in [0.717, 1.165) is 50.4 Å². The number of aromatic nitrogens is 2. The van der Waals surface area contributed by atoms with Crippen LogP contribution in [0.25, 0.3) is 61.2 Å². The summed E-state index contributed by atoms with van der Waals surface area (Å²) >= 11 is 0. The third-order valence-electron chi connectivity index (χ3n) is 6.90. The van der Waals surface area contributed by atoms with E-state index in [0.29, 0.717) is 0 Å². The van der Waals surface area contributed by atoms with Crippen LogP contribution in [0.3, 0.4) is 0 Å². The molecular weight excluding hydrogens is 440 g/mol. The van der Waals surface area contributed by atoms with Crippen LogP contribution < -0.4 is 0 Å². The minimum atomic E-state index is 0.927. The van der Waals surface area contributed by atoms with Crippen LogP contribution in [0.1, 0.15) is 11.1 Å². The molecule has 172 valence electrons.